The molecule has 3 rings (SSSR count). The van der Waals surface area contributed by atoms with E-state index >= 15 is 0 Å². The Balaban J connectivity index is 1.73. The van der Waals surface area contributed by atoms with Crippen molar-refractivity contribution >= 4 is 23.1 Å². The fraction of sp³-hybridized carbons (Fsp3) is 0.300. The maximum Gasteiger partial charge on any atom is 0.243 e. The highest BCUT2D eigenvalue weighted by Gasteiger charge is 2.24. The van der Waals surface area contributed by atoms with Gasteiger partial charge in [-0.25, -0.2) is 0 Å². The third kappa shape index (κ3) is 3.48. The molecular weight excluding hydrogens is 300 g/mol. The van der Waals surface area contributed by atoms with Crippen molar-refractivity contribution in [3.63, 3.8) is 0 Å². The van der Waals surface area contributed by atoms with Gasteiger partial charge in [0.2, 0.25) is 5.91 Å². The first-order chi connectivity index (χ1) is 11.5. The number of anilines is 2. The molecule has 1 heterocycles. The Morgan fingerprint density at radius 1 is 1.17 bits per heavy atom. The van der Waals surface area contributed by atoms with Crippen LogP contribution >= 0.6 is 0 Å². The van der Waals surface area contributed by atoms with Crippen molar-refractivity contribution in [2.45, 2.75) is 32.7 Å². The standard InChI is InChI=1S/C20H22N2O2/c1-14-10-11-16-6-3-4-9-19(16)22(14)13-20(24)21-18-8-5-7-17(12-18)15(2)23/h3-9,12,14H,10-11,13H2,1-2H3,(H,21,24)/t14-/m0/s1. The van der Waals surface area contributed by atoms with Gasteiger partial charge in [0.25, 0.3) is 0 Å². The van der Waals surface area contributed by atoms with E-state index in [-0.39, 0.29) is 11.7 Å². The van der Waals surface area contributed by atoms with Gasteiger partial charge >= 0.3 is 0 Å². The van der Waals surface area contributed by atoms with E-state index < -0.39 is 0 Å². The minimum Gasteiger partial charge on any atom is -0.359 e. The second-order valence-corrected chi connectivity index (χ2v) is 6.33. The van der Waals surface area contributed by atoms with Gasteiger partial charge in [0, 0.05) is 23.0 Å². The van der Waals surface area contributed by atoms with E-state index in [4.69, 9.17) is 0 Å². The zero-order valence-electron chi connectivity index (χ0n) is 14.1. The third-order valence-electron chi connectivity index (χ3n) is 4.53. The van der Waals surface area contributed by atoms with Crippen LogP contribution < -0.4 is 10.2 Å². The predicted octanol–water partition coefficient (Wildman–Crippen LogP) is 3.67. The van der Waals surface area contributed by atoms with Crippen molar-refractivity contribution in [2.75, 3.05) is 16.8 Å². The molecule has 1 atom stereocenters. The Labute approximate surface area is 142 Å². The van der Waals surface area contributed by atoms with Crippen LogP contribution in [0, 0.1) is 0 Å². The van der Waals surface area contributed by atoms with Crippen LogP contribution in [0.2, 0.25) is 0 Å². The number of ketones is 1. The lowest BCUT2D eigenvalue weighted by atomic mass is 9.96. The van der Waals surface area contributed by atoms with E-state index in [0.29, 0.717) is 23.8 Å². The number of nitrogens with zero attached hydrogens (tertiary/aromatic N) is 1. The van der Waals surface area contributed by atoms with Gasteiger partial charge in [-0.15, -0.1) is 0 Å². The van der Waals surface area contributed by atoms with Crippen LogP contribution in [-0.4, -0.2) is 24.3 Å². The highest BCUT2D eigenvalue weighted by atomic mass is 16.2. The monoisotopic (exact) mass is 322 g/mol. The second kappa shape index (κ2) is 6.87. The van der Waals surface area contributed by atoms with Gasteiger partial charge in [0.15, 0.2) is 5.78 Å². The molecule has 1 aliphatic rings. The average molecular weight is 322 g/mol. The lowest BCUT2D eigenvalue weighted by Gasteiger charge is -2.36. The molecule has 0 aromatic heterocycles. The van der Waals surface area contributed by atoms with E-state index in [1.807, 2.05) is 12.1 Å². The number of nitrogens with one attached hydrogen (secondary N) is 1. The number of benzene rings is 2. The van der Waals surface area contributed by atoms with Gasteiger partial charge < -0.3 is 10.2 Å². The Hall–Kier alpha value is -2.62. The Bertz CT molecular complexity index is 770. The van der Waals surface area contributed by atoms with E-state index in [9.17, 15) is 9.59 Å². The van der Waals surface area contributed by atoms with E-state index in [0.717, 1.165) is 18.5 Å². The summed E-state index contributed by atoms with van der Waals surface area (Å²) >= 11 is 0. The average Bonchev–Trinajstić information content (AvgIpc) is 2.57. The van der Waals surface area contributed by atoms with Crippen molar-refractivity contribution in [1.82, 2.24) is 0 Å². The van der Waals surface area contributed by atoms with Crippen LogP contribution in [0.5, 0.6) is 0 Å². The molecule has 0 fully saturated rings. The van der Waals surface area contributed by atoms with E-state index in [1.54, 1.807) is 24.3 Å². The molecule has 0 bridgehead atoms. The molecule has 0 unspecified atom stereocenters. The molecule has 2 aromatic rings. The summed E-state index contributed by atoms with van der Waals surface area (Å²) in [5.41, 5.74) is 3.70. The smallest absolute Gasteiger partial charge is 0.243 e. The molecule has 1 aliphatic heterocycles. The molecule has 4 nitrogen and oxygen atoms in total. The van der Waals surface area contributed by atoms with E-state index in [2.05, 4.69) is 29.3 Å². The SMILES string of the molecule is CC(=O)c1cccc(NC(=O)CN2c3ccccc3CC[C@@H]2C)c1. The van der Waals surface area contributed by atoms with Crippen molar-refractivity contribution in [3.8, 4) is 0 Å². The number of hydrogen-bond acceptors (Lipinski definition) is 3. The van der Waals surface area contributed by atoms with Crippen molar-refractivity contribution in [2.24, 2.45) is 0 Å². The van der Waals surface area contributed by atoms with Crippen molar-refractivity contribution in [1.29, 1.82) is 0 Å². The number of amides is 1. The number of Topliss-reactive ketones (excluding diaryl/α,β-unsaturated/α-hetero) is 1. The molecule has 24 heavy (non-hydrogen) atoms. The first-order valence-electron chi connectivity index (χ1n) is 8.30. The number of fused-ring (bicyclic) bond motifs is 1. The lowest BCUT2D eigenvalue weighted by molar-refractivity contribution is -0.115. The first kappa shape index (κ1) is 16.2. The Kier molecular flexibility index (Phi) is 4.65. The summed E-state index contributed by atoms with van der Waals surface area (Å²) in [4.78, 5) is 26.1. The van der Waals surface area contributed by atoms with Gasteiger partial charge in [-0.1, -0.05) is 30.3 Å². The minimum absolute atomic E-state index is 0.00956. The second-order valence-electron chi connectivity index (χ2n) is 6.33. The largest absolute Gasteiger partial charge is 0.359 e. The highest BCUT2D eigenvalue weighted by molar-refractivity contribution is 5.98. The third-order valence-corrected chi connectivity index (χ3v) is 4.53. The van der Waals surface area contributed by atoms with E-state index in [1.165, 1.54) is 12.5 Å². The Morgan fingerprint density at radius 3 is 2.75 bits per heavy atom. The molecule has 0 radical (unpaired) electrons. The number of carbonyl (C=O) groups excluding carboxylic acids is 2. The topological polar surface area (TPSA) is 49.4 Å². The number of carbonyl (C=O) groups is 2. The normalized spacial score (nSPS) is 16.4. The minimum atomic E-state index is -0.0701. The quantitative estimate of drug-likeness (QED) is 0.874. The fourth-order valence-corrected chi connectivity index (χ4v) is 3.17. The van der Waals surface area contributed by atoms with Crippen LogP contribution in [-0.2, 0) is 11.2 Å². The highest BCUT2D eigenvalue weighted by Crippen LogP contribution is 2.30. The van der Waals surface area contributed by atoms with Crippen LogP contribution in [0.3, 0.4) is 0 Å². The number of aryl methyl sites for hydroxylation is 1. The van der Waals surface area contributed by atoms with Crippen LogP contribution in [0.25, 0.3) is 0 Å². The van der Waals surface area contributed by atoms with Gasteiger partial charge in [0.1, 0.15) is 0 Å². The molecule has 0 aliphatic carbocycles. The van der Waals surface area contributed by atoms with Gasteiger partial charge in [-0.05, 0) is 50.5 Å². The first-order valence-corrected chi connectivity index (χ1v) is 8.30. The zero-order chi connectivity index (χ0) is 17.1. The maximum absolute atomic E-state index is 12.5. The number of hydrogen-bond donors (Lipinski definition) is 1. The number of para-hydroxylation sites is 1. The molecule has 1 amide bonds. The van der Waals surface area contributed by atoms with Crippen molar-refractivity contribution < 1.29 is 9.59 Å². The molecule has 0 spiro atoms. The molecule has 1 N–H and O–H groups in total. The maximum atomic E-state index is 12.5. The zero-order valence-corrected chi connectivity index (χ0v) is 14.1. The Morgan fingerprint density at radius 2 is 1.96 bits per heavy atom. The molecule has 0 saturated carbocycles. The molecule has 0 saturated heterocycles. The van der Waals surface area contributed by atoms with Gasteiger partial charge in [-0.3, -0.25) is 9.59 Å². The summed E-state index contributed by atoms with van der Waals surface area (Å²) in [5, 5.41) is 2.90. The van der Waals surface area contributed by atoms with Crippen LogP contribution in [0.15, 0.2) is 48.5 Å². The molecular formula is C20H22N2O2. The fourth-order valence-electron chi connectivity index (χ4n) is 3.17. The predicted molar refractivity (Wildman–Crippen MR) is 96.6 cm³/mol. The van der Waals surface area contributed by atoms with Crippen LogP contribution in [0.4, 0.5) is 11.4 Å². The van der Waals surface area contributed by atoms with Crippen LogP contribution in [0.1, 0.15) is 36.2 Å². The summed E-state index contributed by atoms with van der Waals surface area (Å²) in [7, 11) is 0. The summed E-state index contributed by atoms with van der Waals surface area (Å²) in [6.45, 7) is 3.98. The molecule has 2 aromatic carbocycles. The van der Waals surface area contributed by atoms with Gasteiger partial charge in [0.05, 0.1) is 6.54 Å². The number of rotatable bonds is 4. The molecule has 4 heteroatoms. The summed E-state index contributed by atoms with van der Waals surface area (Å²) in [6.07, 6.45) is 2.10. The molecule has 124 valence electrons. The summed E-state index contributed by atoms with van der Waals surface area (Å²) in [5.74, 6) is -0.0797. The summed E-state index contributed by atoms with van der Waals surface area (Å²) in [6, 6.07) is 15.6. The lowest BCUT2D eigenvalue weighted by Crippen LogP contribution is -2.42. The summed E-state index contributed by atoms with van der Waals surface area (Å²) < 4.78 is 0. The van der Waals surface area contributed by atoms with Gasteiger partial charge in [-0.2, -0.15) is 0 Å². The van der Waals surface area contributed by atoms with Crippen molar-refractivity contribution in [3.05, 3.63) is 59.7 Å².